The number of nitrogens with zero attached hydrogens (tertiary/aromatic N) is 2. The fourth-order valence-electron chi connectivity index (χ4n) is 3.75. The van der Waals surface area contributed by atoms with Crippen molar-refractivity contribution in [2.45, 2.75) is 70.2 Å². The Morgan fingerprint density at radius 1 is 1.47 bits per heavy atom. The quantitative estimate of drug-likeness (QED) is 0.847. The molecule has 0 spiro atoms. The second-order valence-corrected chi connectivity index (χ2v) is 6.74. The van der Waals surface area contributed by atoms with Gasteiger partial charge in [0.25, 0.3) is 0 Å². The lowest BCUT2D eigenvalue weighted by Gasteiger charge is -2.44. The van der Waals surface area contributed by atoms with E-state index < -0.39 is 0 Å². The first-order chi connectivity index (χ1) is 8.90. The highest BCUT2D eigenvalue weighted by Gasteiger charge is 2.43. The molecule has 19 heavy (non-hydrogen) atoms. The third-order valence-corrected chi connectivity index (χ3v) is 4.33. The molecule has 1 aliphatic carbocycles. The predicted molar refractivity (Wildman–Crippen MR) is 75.9 cm³/mol. The molecule has 0 aromatic heterocycles. The maximum Gasteiger partial charge on any atom is 0.108 e. The number of hydrogen-bond acceptors (Lipinski definition) is 4. The van der Waals surface area contributed by atoms with Crippen molar-refractivity contribution in [3.63, 3.8) is 0 Å². The van der Waals surface area contributed by atoms with Crippen molar-refractivity contribution >= 4 is 0 Å². The minimum absolute atomic E-state index is 0.0757. The molecule has 1 heterocycles. The molecule has 1 N–H and O–H groups in total. The van der Waals surface area contributed by atoms with E-state index >= 15 is 0 Å². The van der Waals surface area contributed by atoms with Gasteiger partial charge in [0.05, 0.1) is 17.8 Å². The fourth-order valence-corrected chi connectivity index (χ4v) is 3.75. The lowest BCUT2D eigenvalue weighted by Crippen LogP contribution is -2.55. The average molecular weight is 265 g/mol. The Hall–Kier alpha value is -0.630. The van der Waals surface area contributed by atoms with Gasteiger partial charge in [-0.25, -0.2) is 0 Å². The van der Waals surface area contributed by atoms with Crippen LogP contribution < -0.4 is 5.32 Å². The van der Waals surface area contributed by atoms with Crippen LogP contribution in [0.4, 0.5) is 0 Å². The molecule has 4 nitrogen and oxygen atoms in total. The van der Waals surface area contributed by atoms with Crippen molar-refractivity contribution in [2.75, 3.05) is 19.6 Å². The maximum absolute atomic E-state index is 9.46. The van der Waals surface area contributed by atoms with Gasteiger partial charge >= 0.3 is 0 Å². The van der Waals surface area contributed by atoms with Crippen LogP contribution in [0.15, 0.2) is 0 Å². The van der Waals surface area contributed by atoms with Gasteiger partial charge < -0.3 is 4.74 Å². The van der Waals surface area contributed by atoms with Gasteiger partial charge in [-0.1, -0.05) is 6.92 Å². The Morgan fingerprint density at radius 3 is 2.79 bits per heavy atom. The SMILES string of the molecule is CCNC1(C#N)CCC(N2CC(C)OC(C)(C)C2)C1. The van der Waals surface area contributed by atoms with Crippen molar-refractivity contribution in [1.82, 2.24) is 10.2 Å². The Kier molecular flexibility index (Phi) is 4.20. The number of nitriles is 1. The Bertz CT molecular complexity index is 363. The van der Waals surface area contributed by atoms with Crippen LogP contribution in [-0.2, 0) is 4.74 Å². The minimum atomic E-state index is -0.300. The van der Waals surface area contributed by atoms with E-state index in [1.807, 2.05) is 0 Å². The summed E-state index contributed by atoms with van der Waals surface area (Å²) in [4.78, 5) is 2.53. The van der Waals surface area contributed by atoms with Crippen molar-refractivity contribution in [2.24, 2.45) is 0 Å². The summed E-state index contributed by atoms with van der Waals surface area (Å²) >= 11 is 0. The molecule has 0 amide bonds. The molecule has 1 aliphatic heterocycles. The summed E-state index contributed by atoms with van der Waals surface area (Å²) in [5, 5.41) is 12.9. The summed E-state index contributed by atoms with van der Waals surface area (Å²) in [6.45, 7) is 11.4. The van der Waals surface area contributed by atoms with Crippen LogP contribution >= 0.6 is 0 Å². The van der Waals surface area contributed by atoms with Gasteiger partial charge in [0.1, 0.15) is 5.54 Å². The summed E-state index contributed by atoms with van der Waals surface area (Å²) in [6, 6.07) is 3.03. The first-order valence-electron chi connectivity index (χ1n) is 7.48. The first-order valence-corrected chi connectivity index (χ1v) is 7.48. The predicted octanol–water partition coefficient (Wildman–Crippen LogP) is 1.91. The van der Waals surface area contributed by atoms with Crippen LogP contribution in [-0.4, -0.2) is 47.8 Å². The van der Waals surface area contributed by atoms with Gasteiger partial charge in [-0.2, -0.15) is 5.26 Å². The van der Waals surface area contributed by atoms with Crippen LogP contribution in [0.2, 0.25) is 0 Å². The zero-order valence-electron chi connectivity index (χ0n) is 12.7. The van der Waals surface area contributed by atoms with E-state index in [4.69, 9.17) is 4.74 Å². The van der Waals surface area contributed by atoms with E-state index in [9.17, 15) is 5.26 Å². The molecule has 3 atom stereocenters. The molecule has 0 aromatic carbocycles. The second-order valence-electron chi connectivity index (χ2n) is 6.74. The lowest BCUT2D eigenvalue weighted by molar-refractivity contribution is -0.137. The maximum atomic E-state index is 9.46. The Morgan fingerprint density at radius 2 is 2.21 bits per heavy atom. The molecule has 0 bridgehead atoms. The zero-order chi connectivity index (χ0) is 14.1. The van der Waals surface area contributed by atoms with Gasteiger partial charge in [0.15, 0.2) is 0 Å². The Balaban J connectivity index is 2.02. The van der Waals surface area contributed by atoms with Crippen LogP contribution in [0.3, 0.4) is 0 Å². The van der Waals surface area contributed by atoms with Gasteiger partial charge in [0.2, 0.25) is 0 Å². The highest BCUT2D eigenvalue weighted by atomic mass is 16.5. The molecule has 1 saturated carbocycles. The summed E-state index contributed by atoms with van der Waals surface area (Å²) in [7, 11) is 0. The molecular weight excluding hydrogens is 238 g/mol. The summed E-state index contributed by atoms with van der Waals surface area (Å²) in [5.74, 6) is 0. The second kappa shape index (κ2) is 5.40. The molecular formula is C15H27N3O. The number of rotatable bonds is 3. The topological polar surface area (TPSA) is 48.3 Å². The van der Waals surface area contributed by atoms with Crippen molar-refractivity contribution in [3.05, 3.63) is 0 Å². The normalized spacial score (nSPS) is 39.1. The number of nitrogens with one attached hydrogen (secondary N) is 1. The highest BCUT2D eigenvalue weighted by molar-refractivity contribution is 5.13. The molecule has 0 aromatic rings. The molecule has 4 heteroatoms. The van der Waals surface area contributed by atoms with Gasteiger partial charge in [-0.05, 0) is 46.6 Å². The number of ether oxygens (including phenoxy) is 1. The van der Waals surface area contributed by atoms with Crippen molar-refractivity contribution in [3.8, 4) is 6.07 Å². The lowest BCUT2D eigenvalue weighted by atomic mass is 9.98. The fraction of sp³-hybridized carbons (Fsp3) is 0.933. The monoisotopic (exact) mass is 265 g/mol. The smallest absolute Gasteiger partial charge is 0.108 e. The summed E-state index contributed by atoms with van der Waals surface area (Å²) < 4.78 is 5.97. The van der Waals surface area contributed by atoms with Gasteiger partial charge in [-0.15, -0.1) is 0 Å². The Labute approximate surface area is 117 Å². The van der Waals surface area contributed by atoms with E-state index in [-0.39, 0.29) is 17.2 Å². The summed E-state index contributed by atoms with van der Waals surface area (Å²) in [5.41, 5.74) is -0.376. The van der Waals surface area contributed by atoms with Gasteiger partial charge in [-0.3, -0.25) is 10.2 Å². The zero-order valence-corrected chi connectivity index (χ0v) is 12.7. The highest BCUT2D eigenvalue weighted by Crippen LogP contribution is 2.35. The van der Waals surface area contributed by atoms with Crippen molar-refractivity contribution < 1.29 is 4.74 Å². The summed E-state index contributed by atoms with van der Waals surface area (Å²) in [6.07, 6.45) is 3.30. The van der Waals surface area contributed by atoms with E-state index in [1.54, 1.807) is 0 Å². The molecule has 3 unspecified atom stereocenters. The third-order valence-electron chi connectivity index (χ3n) is 4.33. The average Bonchev–Trinajstić information content (AvgIpc) is 2.72. The largest absolute Gasteiger partial charge is 0.370 e. The third kappa shape index (κ3) is 3.28. The molecule has 0 radical (unpaired) electrons. The molecule has 2 rings (SSSR count). The standard InChI is InChI=1S/C15H27N3O/c1-5-17-15(10-16)7-6-13(8-15)18-9-12(2)19-14(3,4)11-18/h12-13,17H,5-9,11H2,1-4H3. The van der Waals surface area contributed by atoms with E-state index in [0.29, 0.717) is 6.04 Å². The van der Waals surface area contributed by atoms with Crippen LogP contribution in [0.1, 0.15) is 47.0 Å². The number of morpholine rings is 1. The minimum Gasteiger partial charge on any atom is -0.370 e. The van der Waals surface area contributed by atoms with Crippen molar-refractivity contribution in [1.29, 1.82) is 5.26 Å². The first kappa shape index (κ1) is 14.8. The van der Waals surface area contributed by atoms with Crippen LogP contribution in [0, 0.1) is 11.3 Å². The van der Waals surface area contributed by atoms with Crippen LogP contribution in [0.5, 0.6) is 0 Å². The molecule has 2 aliphatic rings. The van der Waals surface area contributed by atoms with Crippen LogP contribution in [0.25, 0.3) is 0 Å². The van der Waals surface area contributed by atoms with E-state index in [0.717, 1.165) is 38.9 Å². The molecule has 1 saturated heterocycles. The molecule has 108 valence electrons. The number of hydrogen-bond donors (Lipinski definition) is 1. The van der Waals surface area contributed by atoms with E-state index in [2.05, 4.69) is 44.0 Å². The van der Waals surface area contributed by atoms with E-state index in [1.165, 1.54) is 0 Å². The van der Waals surface area contributed by atoms with Gasteiger partial charge in [0, 0.05) is 19.1 Å². The molecule has 2 fully saturated rings.